The Bertz CT molecular complexity index is 1060. The van der Waals surface area contributed by atoms with Crippen LogP contribution in [0.3, 0.4) is 0 Å². The van der Waals surface area contributed by atoms with Gasteiger partial charge < -0.3 is 9.15 Å². The van der Waals surface area contributed by atoms with Gasteiger partial charge in [0.15, 0.2) is 0 Å². The highest BCUT2D eigenvalue weighted by atomic mass is 32.2. The Morgan fingerprint density at radius 1 is 1.04 bits per heavy atom. The second-order valence-corrected chi connectivity index (χ2v) is 7.61. The van der Waals surface area contributed by atoms with Gasteiger partial charge >= 0.3 is 0 Å². The maximum absolute atomic E-state index is 5.80. The molecule has 0 fully saturated rings. The van der Waals surface area contributed by atoms with Gasteiger partial charge in [-0.3, -0.25) is 0 Å². The summed E-state index contributed by atoms with van der Waals surface area (Å²) in [6, 6.07) is 15.9. The van der Waals surface area contributed by atoms with E-state index < -0.39 is 0 Å². The number of ether oxygens (including phenoxy) is 1. The van der Waals surface area contributed by atoms with Gasteiger partial charge in [0.05, 0.1) is 18.4 Å². The predicted molar refractivity (Wildman–Crippen MR) is 108 cm³/mol. The lowest BCUT2D eigenvalue weighted by Gasteiger charge is -2.04. The summed E-state index contributed by atoms with van der Waals surface area (Å²) in [4.78, 5) is 4.71. The number of aromatic nitrogens is 3. The monoisotopic (exact) mass is 395 g/mol. The molecule has 2 aromatic carbocycles. The number of hydrogen-bond donors (Lipinski definition) is 0. The van der Waals surface area contributed by atoms with E-state index in [1.165, 1.54) is 11.8 Å². The van der Waals surface area contributed by atoms with E-state index in [0.717, 1.165) is 33.1 Å². The summed E-state index contributed by atoms with van der Waals surface area (Å²) in [7, 11) is 1.67. The Morgan fingerprint density at radius 2 is 1.81 bits per heavy atom. The molecule has 4 rings (SSSR count). The van der Waals surface area contributed by atoms with Gasteiger partial charge in [0.25, 0.3) is 5.22 Å². The molecule has 7 heteroatoms. The molecule has 0 atom stereocenters. The Kier molecular flexibility index (Phi) is 5.22. The molecule has 0 amide bonds. The number of rotatable bonds is 6. The molecule has 2 heterocycles. The minimum absolute atomic E-state index is 0.542. The van der Waals surface area contributed by atoms with Gasteiger partial charge in [0.1, 0.15) is 10.8 Å². The lowest BCUT2D eigenvalue weighted by molar-refractivity contribution is 0.416. The van der Waals surface area contributed by atoms with Crippen LogP contribution in [-0.2, 0) is 5.75 Å². The van der Waals surface area contributed by atoms with Crippen molar-refractivity contribution in [3.63, 3.8) is 0 Å². The topological polar surface area (TPSA) is 61.0 Å². The van der Waals surface area contributed by atoms with E-state index in [4.69, 9.17) is 14.1 Å². The number of nitrogens with zero attached hydrogens (tertiary/aromatic N) is 3. The van der Waals surface area contributed by atoms with Gasteiger partial charge in [-0.2, -0.15) is 0 Å². The molecule has 0 aliphatic rings. The molecule has 0 N–H and O–H groups in total. The van der Waals surface area contributed by atoms with Gasteiger partial charge in [-0.1, -0.05) is 42.1 Å². The number of para-hydroxylation sites is 1. The Labute approximate surface area is 165 Å². The molecule has 136 valence electrons. The number of thioether (sulfide) groups is 1. The number of benzene rings is 2. The van der Waals surface area contributed by atoms with Crippen molar-refractivity contribution in [3.05, 3.63) is 65.2 Å². The summed E-state index contributed by atoms with van der Waals surface area (Å²) in [5.41, 5.74) is 4.05. The van der Waals surface area contributed by atoms with Crippen LogP contribution >= 0.6 is 23.1 Å². The van der Waals surface area contributed by atoms with Crippen LogP contribution in [0, 0.1) is 6.92 Å². The zero-order valence-electron chi connectivity index (χ0n) is 14.9. The Hall–Kier alpha value is -2.64. The van der Waals surface area contributed by atoms with E-state index in [9.17, 15) is 0 Å². The molecule has 0 saturated heterocycles. The maximum atomic E-state index is 5.80. The van der Waals surface area contributed by atoms with Crippen LogP contribution in [0.2, 0.25) is 0 Å². The number of methoxy groups -OCH3 is 1. The molecular weight excluding hydrogens is 378 g/mol. The second-order valence-electron chi connectivity index (χ2n) is 5.82. The molecular formula is C20H17N3O2S2. The highest BCUT2D eigenvalue weighted by Gasteiger charge is 2.13. The first-order valence-electron chi connectivity index (χ1n) is 8.34. The highest BCUT2D eigenvalue weighted by Crippen LogP contribution is 2.33. The number of hydrogen-bond acceptors (Lipinski definition) is 7. The zero-order valence-corrected chi connectivity index (χ0v) is 16.5. The van der Waals surface area contributed by atoms with Gasteiger partial charge in [0, 0.05) is 16.7 Å². The first-order valence-corrected chi connectivity index (χ1v) is 10.2. The van der Waals surface area contributed by atoms with Crippen molar-refractivity contribution in [2.45, 2.75) is 17.9 Å². The molecule has 0 radical (unpaired) electrons. The zero-order chi connectivity index (χ0) is 18.6. The second kappa shape index (κ2) is 7.94. The van der Waals surface area contributed by atoms with Gasteiger partial charge in [-0.05, 0) is 30.7 Å². The third-order valence-electron chi connectivity index (χ3n) is 4.01. The average Bonchev–Trinajstić information content (AvgIpc) is 3.36. The third kappa shape index (κ3) is 3.89. The minimum Gasteiger partial charge on any atom is -0.496 e. The van der Waals surface area contributed by atoms with Gasteiger partial charge in [-0.25, -0.2) is 4.98 Å². The lowest BCUT2D eigenvalue weighted by Crippen LogP contribution is -1.87. The first kappa shape index (κ1) is 17.8. The van der Waals surface area contributed by atoms with Crippen molar-refractivity contribution in [1.29, 1.82) is 0 Å². The van der Waals surface area contributed by atoms with Crippen LogP contribution in [0.1, 0.15) is 11.3 Å². The van der Waals surface area contributed by atoms with Crippen molar-refractivity contribution >= 4 is 23.1 Å². The van der Waals surface area contributed by atoms with Crippen molar-refractivity contribution in [2.75, 3.05) is 7.11 Å². The molecule has 2 aromatic heterocycles. The van der Waals surface area contributed by atoms with Gasteiger partial charge in [-0.15, -0.1) is 21.5 Å². The molecule has 0 unspecified atom stereocenters. The average molecular weight is 396 g/mol. The molecule has 4 aromatic rings. The van der Waals surface area contributed by atoms with Crippen LogP contribution in [-0.4, -0.2) is 22.3 Å². The van der Waals surface area contributed by atoms with E-state index in [-0.39, 0.29) is 0 Å². The Balaban J connectivity index is 1.46. The highest BCUT2D eigenvalue weighted by molar-refractivity contribution is 7.98. The first-order chi connectivity index (χ1) is 13.2. The summed E-state index contributed by atoms with van der Waals surface area (Å²) >= 11 is 3.09. The quantitative estimate of drug-likeness (QED) is 0.404. The summed E-state index contributed by atoms with van der Waals surface area (Å²) in [6.45, 7) is 2.03. The van der Waals surface area contributed by atoms with Crippen molar-refractivity contribution in [3.8, 4) is 27.8 Å². The van der Waals surface area contributed by atoms with E-state index in [2.05, 4.69) is 10.2 Å². The molecule has 0 aliphatic carbocycles. The fraction of sp³-hybridized carbons (Fsp3) is 0.150. The van der Waals surface area contributed by atoms with Crippen LogP contribution in [0.4, 0.5) is 0 Å². The molecule has 27 heavy (non-hydrogen) atoms. The minimum atomic E-state index is 0.542. The van der Waals surface area contributed by atoms with E-state index in [1.807, 2.05) is 60.8 Å². The van der Waals surface area contributed by atoms with Crippen LogP contribution in [0.5, 0.6) is 5.75 Å². The van der Waals surface area contributed by atoms with Gasteiger partial charge in [0.2, 0.25) is 5.89 Å². The largest absolute Gasteiger partial charge is 0.496 e. The summed E-state index contributed by atoms with van der Waals surface area (Å²) in [5.74, 6) is 2.04. The SMILES string of the molecule is COc1ccccc1-c1nc(CSc2nnc(-c3ccccc3C)o2)cs1. The molecule has 0 spiro atoms. The predicted octanol–water partition coefficient (Wildman–Crippen LogP) is 5.47. The van der Waals surface area contributed by atoms with E-state index in [1.54, 1.807) is 18.4 Å². The van der Waals surface area contributed by atoms with Crippen LogP contribution in [0.15, 0.2) is 63.6 Å². The molecule has 0 bridgehead atoms. The fourth-order valence-electron chi connectivity index (χ4n) is 2.64. The van der Waals surface area contributed by atoms with E-state index in [0.29, 0.717) is 16.9 Å². The molecule has 0 saturated carbocycles. The van der Waals surface area contributed by atoms with E-state index >= 15 is 0 Å². The Morgan fingerprint density at radius 3 is 2.63 bits per heavy atom. The maximum Gasteiger partial charge on any atom is 0.277 e. The van der Waals surface area contributed by atoms with Crippen LogP contribution in [0.25, 0.3) is 22.0 Å². The third-order valence-corrected chi connectivity index (χ3v) is 5.79. The summed E-state index contributed by atoms with van der Waals surface area (Å²) < 4.78 is 11.2. The van der Waals surface area contributed by atoms with Crippen LogP contribution < -0.4 is 4.74 Å². The van der Waals surface area contributed by atoms with Crippen molar-refractivity contribution < 1.29 is 9.15 Å². The molecule has 0 aliphatic heterocycles. The standard InChI is InChI=1S/C20H17N3O2S2/c1-13-7-3-4-8-15(13)18-22-23-20(25-18)27-12-14-11-26-19(21-14)16-9-5-6-10-17(16)24-2/h3-11H,12H2,1-2H3. The smallest absolute Gasteiger partial charge is 0.277 e. The number of aryl methyl sites for hydroxylation is 1. The molecule has 5 nitrogen and oxygen atoms in total. The fourth-order valence-corrected chi connectivity index (χ4v) is 4.25. The normalized spacial score (nSPS) is 10.9. The van der Waals surface area contributed by atoms with Crippen molar-refractivity contribution in [2.24, 2.45) is 0 Å². The summed E-state index contributed by atoms with van der Waals surface area (Å²) in [5, 5.41) is 11.8. The van der Waals surface area contributed by atoms with Crippen molar-refractivity contribution in [1.82, 2.24) is 15.2 Å². The summed E-state index contributed by atoms with van der Waals surface area (Å²) in [6.07, 6.45) is 0. The lowest BCUT2D eigenvalue weighted by atomic mass is 10.1. The number of thiazole rings is 1.